The first-order chi connectivity index (χ1) is 11.3. The molecule has 0 unspecified atom stereocenters. The molecule has 6 nitrogen and oxygen atoms in total. The van der Waals surface area contributed by atoms with E-state index < -0.39 is 10.0 Å². The third-order valence-electron chi connectivity index (χ3n) is 3.82. The first kappa shape index (κ1) is 16.1. The Labute approximate surface area is 140 Å². The van der Waals surface area contributed by atoms with Crippen LogP contribution in [0.25, 0.3) is 0 Å². The van der Waals surface area contributed by atoms with Gasteiger partial charge in [-0.25, -0.2) is 0 Å². The zero-order valence-corrected chi connectivity index (χ0v) is 14.0. The zero-order valence-electron chi connectivity index (χ0n) is 13.1. The van der Waals surface area contributed by atoms with Crippen LogP contribution in [0.1, 0.15) is 22.8 Å². The summed E-state index contributed by atoms with van der Waals surface area (Å²) < 4.78 is 28.7. The molecule has 1 aliphatic rings. The summed E-state index contributed by atoms with van der Waals surface area (Å²) in [5.41, 5.74) is 1.59. The number of hydrogen-bond acceptors (Lipinski definition) is 4. The molecule has 24 heavy (non-hydrogen) atoms. The van der Waals surface area contributed by atoms with Crippen LogP contribution in [0.2, 0.25) is 0 Å². The number of nitrogens with zero attached hydrogens (tertiary/aromatic N) is 2. The molecule has 7 heteroatoms. The van der Waals surface area contributed by atoms with Crippen molar-refractivity contribution in [1.29, 1.82) is 5.41 Å². The zero-order chi connectivity index (χ0) is 17.5. The molecule has 0 saturated carbocycles. The van der Waals surface area contributed by atoms with Crippen LogP contribution in [0.5, 0.6) is 0 Å². The van der Waals surface area contributed by atoms with Gasteiger partial charge in [-0.3, -0.25) is 10.2 Å². The number of likely N-dealkylation sites (N-methyl/N-ethyl adjacent to an activating group) is 1. The SMILES string of the molecule is CC(=O)c1ccc2c(c1)C(=N)C(=NS(=O)(=O)c1ccccc1)N2C. The van der Waals surface area contributed by atoms with E-state index in [-0.39, 0.29) is 22.2 Å². The van der Waals surface area contributed by atoms with Gasteiger partial charge < -0.3 is 4.90 Å². The molecule has 2 aromatic carbocycles. The highest BCUT2D eigenvalue weighted by molar-refractivity contribution is 7.90. The van der Waals surface area contributed by atoms with Crippen LogP contribution < -0.4 is 4.90 Å². The number of nitrogens with one attached hydrogen (secondary N) is 1. The molecule has 0 bridgehead atoms. The minimum absolute atomic E-state index is 0.0184. The third-order valence-corrected chi connectivity index (χ3v) is 5.10. The first-order valence-electron chi connectivity index (χ1n) is 7.19. The Hall–Kier alpha value is -2.80. The molecular weight excluding hydrogens is 326 g/mol. The van der Waals surface area contributed by atoms with Gasteiger partial charge >= 0.3 is 0 Å². The van der Waals surface area contributed by atoms with E-state index in [1.165, 1.54) is 19.1 Å². The average molecular weight is 341 g/mol. The minimum Gasteiger partial charge on any atom is -0.326 e. The Kier molecular flexibility index (Phi) is 3.81. The van der Waals surface area contributed by atoms with Crippen molar-refractivity contribution < 1.29 is 13.2 Å². The van der Waals surface area contributed by atoms with Crippen molar-refractivity contribution in [3.8, 4) is 0 Å². The Bertz CT molecular complexity index is 979. The topological polar surface area (TPSA) is 90.7 Å². The number of carbonyl (C=O) groups is 1. The predicted octanol–water partition coefficient (Wildman–Crippen LogP) is 2.49. The van der Waals surface area contributed by atoms with E-state index in [4.69, 9.17) is 5.41 Å². The van der Waals surface area contributed by atoms with Crippen molar-refractivity contribution in [3.05, 3.63) is 59.7 Å². The fraction of sp³-hybridized carbons (Fsp3) is 0.118. The maximum absolute atomic E-state index is 12.4. The highest BCUT2D eigenvalue weighted by atomic mass is 32.2. The maximum atomic E-state index is 12.4. The number of fused-ring (bicyclic) bond motifs is 1. The monoisotopic (exact) mass is 341 g/mol. The molecule has 0 amide bonds. The van der Waals surface area contributed by atoms with Gasteiger partial charge in [-0.2, -0.15) is 8.42 Å². The highest BCUT2D eigenvalue weighted by Gasteiger charge is 2.31. The maximum Gasteiger partial charge on any atom is 0.284 e. The second-order valence-electron chi connectivity index (χ2n) is 5.43. The second kappa shape index (κ2) is 5.68. The average Bonchev–Trinajstić information content (AvgIpc) is 2.80. The molecule has 0 spiro atoms. The molecule has 122 valence electrons. The molecule has 0 aliphatic carbocycles. The number of carbonyl (C=O) groups excluding carboxylic acids is 1. The summed E-state index contributed by atoms with van der Waals surface area (Å²) >= 11 is 0. The van der Waals surface area contributed by atoms with E-state index >= 15 is 0 Å². The molecular formula is C17H15N3O3S. The van der Waals surface area contributed by atoms with Crippen LogP contribution in [0.3, 0.4) is 0 Å². The Balaban J connectivity index is 2.08. The van der Waals surface area contributed by atoms with Gasteiger partial charge in [0.15, 0.2) is 11.6 Å². The second-order valence-corrected chi connectivity index (χ2v) is 7.03. The van der Waals surface area contributed by atoms with Crippen molar-refractivity contribution in [2.45, 2.75) is 11.8 Å². The predicted molar refractivity (Wildman–Crippen MR) is 92.7 cm³/mol. The summed E-state index contributed by atoms with van der Waals surface area (Å²) in [5, 5.41) is 8.25. The van der Waals surface area contributed by atoms with Gasteiger partial charge in [-0.05, 0) is 37.3 Å². The van der Waals surface area contributed by atoms with Gasteiger partial charge in [0, 0.05) is 18.2 Å². The number of anilines is 1. The summed E-state index contributed by atoms with van der Waals surface area (Å²) in [6.45, 7) is 1.44. The lowest BCUT2D eigenvalue weighted by molar-refractivity contribution is 0.101. The molecule has 0 radical (unpaired) electrons. The number of rotatable bonds is 3. The fourth-order valence-corrected chi connectivity index (χ4v) is 3.56. The van der Waals surface area contributed by atoms with Crippen LogP contribution in [-0.2, 0) is 10.0 Å². The number of hydrogen-bond donors (Lipinski definition) is 1. The number of Topliss-reactive ketones (excluding diaryl/α,β-unsaturated/α-hetero) is 1. The summed E-state index contributed by atoms with van der Waals surface area (Å²) in [6.07, 6.45) is 0. The molecule has 0 saturated heterocycles. The van der Waals surface area contributed by atoms with E-state index in [2.05, 4.69) is 4.40 Å². The Morgan fingerprint density at radius 1 is 1.12 bits per heavy atom. The standard InChI is InChI=1S/C17H15N3O3S/c1-11(21)12-8-9-15-14(10-12)16(18)17(20(15)2)19-24(22,23)13-6-4-3-5-7-13/h3-10,18H,1-2H3. The number of sulfonamides is 1. The smallest absolute Gasteiger partial charge is 0.284 e. The largest absolute Gasteiger partial charge is 0.326 e. The lowest BCUT2D eigenvalue weighted by Gasteiger charge is -2.12. The van der Waals surface area contributed by atoms with Gasteiger partial charge in [-0.1, -0.05) is 18.2 Å². The van der Waals surface area contributed by atoms with E-state index in [9.17, 15) is 13.2 Å². The molecule has 1 heterocycles. The van der Waals surface area contributed by atoms with Crippen molar-refractivity contribution >= 4 is 33.0 Å². The summed E-state index contributed by atoms with van der Waals surface area (Å²) in [7, 11) is -2.27. The highest BCUT2D eigenvalue weighted by Crippen LogP contribution is 2.30. The van der Waals surface area contributed by atoms with Crippen molar-refractivity contribution in [1.82, 2.24) is 0 Å². The van der Waals surface area contributed by atoms with Crippen LogP contribution in [0, 0.1) is 5.41 Å². The third kappa shape index (κ3) is 2.63. The van der Waals surface area contributed by atoms with Crippen molar-refractivity contribution in [3.63, 3.8) is 0 Å². The van der Waals surface area contributed by atoms with Gasteiger partial charge in [0.1, 0.15) is 5.71 Å². The van der Waals surface area contributed by atoms with E-state index in [0.29, 0.717) is 16.8 Å². The number of benzene rings is 2. The van der Waals surface area contributed by atoms with Gasteiger partial charge in [0.05, 0.1) is 10.6 Å². The first-order valence-corrected chi connectivity index (χ1v) is 8.63. The van der Waals surface area contributed by atoms with E-state index in [1.54, 1.807) is 48.3 Å². The van der Waals surface area contributed by atoms with Gasteiger partial charge in [0.2, 0.25) is 0 Å². The van der Waals surface area contributed by atoms with E-state index in [1.807, 2.05) is 0 Å². The molecule has 2 aromatic rings. The van der Waals surface area contributed by atoms with Gasteiger partial charge in [0.25, 0.3) is 10.0 Å². The van der Waals surface area contributed by atoms with Crippen LogP contribution in [0.4, 0.5) is 5.69 Å². The quantitative estimate of drug-likeness (QED) is 0.868. The number of amidine groups is 1. The van der Waals surface area contributed by atoms with Crippen molar-refractivity contribution in [2.75, 3.05) is 11.9 Å². The van der Waals surface area contributed by atoms with Crippen LogP contribution >= 0.6 is 0 Å². The molecule has 0 atom stereocenters. The molecule has 0 fully saturated rings. The van der Waals surface area contributed by atoms with Crippen LogP contribution in [0.15, 0.2) is 57.8 Å². The minimum atomic E-state index is -3.92. The normalized spacial score (nSPS) is 15.7. The number of ketones is 1. The molecule has 1 aliphatic heterocycles. The fourth-order valence-electron chi connectivity index (χ4n) is 2.52. The summed E-state index contributed by atoms with van der Waals surface area (Å²) in [6, 6.07) is 12.8. The molecule has 0 aromatic heterocycles. The molecule has 3 rings (SSSR count). The summed E-state index contributed by atoms with van der Waals surface area (Å²) in [4.78, 5) is 13.1. The lowest BCUT2D eigenvalue weighted by Crippen LogP contribution is -2.27. The lowest BCUT2D eigenvalue weighted by atomic mass is 10.0. The van der Waals surface area contributed by atoms with Crippen LogP contribution in [-0.4, -0.2) is 32.8 Å². The van der Waals surface area contributed by atoms with E-state index in [0.717, 1.165) is 0 Å². The summed E-state index contributed by atoms with van der Waals surface area (Å²) in [5.74, 6) is -0.0786. The van der Waals surface area contributed by atoms with Crippen molar-refractivity contribution in [2.24, 2.45) is 4.40 Å². The Morgan fingerprint density at radius 3 is 2.42 bits per heavy atom. The molecule has 1 N–H and O–H groups in total. The van der Waals surface area contributed by atoms with Gasteiger partial charge in [-0.15, -0.1) is 4.40 Å². The Morgan fingerprint density at radius 2 is 1.79 bits per heavy atom.